The lowest BCUT2D eigenvalue weighted by molar-refractivity contribution is 0.414. The first kappa shape index (κ1) is 10.6. The van der Waals surface area contributed by atoms with Gasteiger partial charge in [0.05, 0.1) is 13.2 Å². The van der Waals surface area contributed by atoms with Crippen LogP contribution < -0.4 is 10.5 Å². The molecule has 2 nitrogen and oxygen atoms in total. The maximum Gasteiger partial charge on any atom is 0.119 e. The summed E-state index contributed by atoms with van der Waals surface area (Å²) in [5.41, 5.74) is 10.8. The maximum absolute atomic E-state index is 6.24. The Morgan fingerprint density at radius 1 is 1.06 bits per heavy atom. The summed E-state index contributed by atoms with van der Waals surface area (Å²) < 4.78 is 5.23. The number of rotatable bonds is 1. The number of methoxy groups -OCH3 is 1. The summed E-state index contributed by atoms with van der Waals surface area (Å²) >= 11 is 6.01. The fourth-order valence-corrected chi connectivity index (χ4v) is 2.55. The van der Waals surface area contributed by atoms with Crippen LogP contribution in [0.15, 0.2) is 36.4 Å². The van der Waals surface area contributed by atoms with Crippen LogP contribution in [0.4, 0.5) is 0 Å². The summed E-state index contributed by atoms with van der Waals surface area (Å²) in [7, 11) is 1.66. The van der Waals surface area contributed by atoms with Gasteiger partial charge in [-0.2, -0.15) is 0 Å². The van der Waals surface area contributed by atoms with Gasteiger partial charge in [-0.3, -0.25) is 0 Å². The van der Waals surface area contributed by atoms with Crippen LogP contribution >= 0.6 is 11.6 Å². The van der Waals surface area contributed by atoms with Crippen molar-refractivity contribution in [3.8, 4) is 16.9 Å². The van der Waals surface area contributed by atoms with Crippen molar-refractivity contribution in [2.45, 2.75) is 6.04 Å². The third kappa shape index (κ3) is 1.53. The highest BCUT2D eigenvalue weighted by atomic mass is 35.5. The highest BCUT2D eigenvalue weighted by molar-refractivity contribution is 6.30. The second kappa shape index (κ2) is 3.76. The summed E-state index contributed by atoms with van der Waals surface area (Å²) in [5, 5.41) is 0.721. The molecule has 17 heavy (non-hydrogen) atoms. The minimum absolute atomic E-state index is 0.117. The zero-order valence-corrected chi connectivity index (χ0v) is 10.2. The molecule has 1 aliphatic rings. The molecule has 0 saturated heterocycles. The van der Waals surface area contributed by atoms with Crippen LogP contribution in [-0.4, -0.2) is 7.11 Å². The van der Waals surface area contributed by atoms with E-state index in [1.165, 1.54) is 11.1 Å². The lowest BCUT2D eigenvalue weighted by Crippen LogP contribution is -2.08. The maximum atomic E-state index is 6.24. The predicted molar refractivity (Wildman–Crippen MR) is 69.5 cm³/mol. The molecular weight excluding hydrogens is 234 g/mol. The molecule has 1 unspecified atom stereocenters. The highest BCUT2D eigenvalue weighted by Crippen LogP contribution is 2.44. The normalized spacial score (nSPS) is 16.5. The second-order valence-corrected chi connectivity index (χ2v) is 4.60. The number of hydrogen-bond donors (Lipinski definition) is 1. The Balaban J connectivity index is 2.23. The molecule has 0 saturated carbocycles. The Kier molecular flexibility index (Phi) is 2.35. The van der Waals surface area contributed by atoms with Crippen LogP contribution in [-0.2, 0) is 0 Å². The van der Waals surface area contributed by atoms with Crippen molar-refractivity contribution in [1.29, 1.82) is 0 Å². The molecule has 1 aliphatic carbocycles. The number of halogens is 1. The summed E-state index contributed by atoms with van der Waals surface area (Å²) in [6.45, 7) is 0. The Hall–Kier alpha value is -1.51. The smallest absolute Gasteiger partial charge is 0.119 e. The SMILES string of the molecule is COc1ccc2c(c1)C(N)c1cc(Cl)ccc1-2. The molecule has 3 rings (SSSR count). The summed E-state index contributed by atoms with van der Waals surface area (Å²) in [5.74, 6) is 0.832. The molecule has 1 atom stereocenters. The van der Waals surface area contributed by atoms with Gasteiger partial charge in [0.25, 0.3) is 0 Å². The molecule has 0 heterocycles. The van der Waals surface area contributed by atoms with Crippen molar-refractivity contribution in [3.05, 3.63) is 52.5 Å². The number of fused-ring (bicyclic) bond motifs is 3. The third-order valence-corrected chi connectivity index (χ3v) is 3.47. The van der Waals surface area contributed by atoms with E-state index in [0.717, 1.165) is 21.9 Å². The summed E-state index contributed by atoms with van der Waals surface area (Å²) in [6.07, 6.45) is 0. The van der Waals surface area contributed by atoms with Crippen molar-refractivity contribution in [3.63, 3.8) is 0 Å². The number of hydrogen-bond acceptors (Lipinski definition) is 2. The van der Waals surface area contributed by atoms with E-state index in [4.69, 9.17) is 22.1 Å². The number of ether oxygens (including phenoxy) is 1. The average molecular weight is 246 g/mol. The lowest BCUT2D eigenvalue weighted by atomic mass is 10.1. The molecule has 0 aliphatic heterocycles. The Bertz CT molecular complexity index is 595. The fraction of sp³-hybridized carbons (Fsp3) is 0.143. The Morgan fingerprint density at radius 2 is 1.71 bits per heavy atom. The zero-order valence-electron chi connectivity index (χ0n) is 9.41. The van der Waals surface area contributed by atoms with Gasteiger partial charge in [-0.1, -0.05) is 23.7 Å². The largest absolute Gasteiger partial charge is 0.497 e. The number of benzene rings is 2. The van der Waals surface area contributed by atoms with E-state index in [0.29, 0.717) is 0 Å². The zero-order chi connectivity index (χ0) is 12.0. The van der Waals surface area contributed by atoms with Crippen molar-refractivity contribution in [2.24, 2.45) is 5.73 Å². The standard InChI is InChI=1S/C14H12ClNO/c1-17-9-3-5-11-10-4-2-8(15)6-12(10)14(16)13(11)7-9/h2-7,14H,16H2,1H3. The van der Waals surface area contributed by atoms with Crippen LogP contribution in [0.5, 0.6) is 5.75 Å². The van der Waals surface area contributed by atoms with Gasteiger partial charge in [-0.05, 0) is 46.5 Å². The van der Waals surface area contributed by atoms with Gasteiger partial charge < -0.3 is 10.5 Å². The Morgan fingerprint density at radius 3 is 2.41 bits per heavy atom. The highest BCUT2D eigenvalue weighted by Gasteiger charge is 2.26. The van der Waals surface area contributed by atoms with Crippen molar-refractivity contribution >= 4 is 11.6 Å². The van der Waals surface area contributed by atoms with Crippen LogP contribution in [0.1, 0.15) is 17.2 Å². The van der Waals surface area contributed by atoms with Gasteiger partial charge in [0.15, 0.2) is 0 Å². The molecule has 0 bridgehead atoms. The molecule has 3 heteroatoms. The summed E-state index contributed by atoms with van der Waals surface area (Å²) in [4.78, 5) is 0. The molecule has 2 aromatic carbocycles. The topological polar surface area (TPSA) is 35.2 Å². The molecule has 0 aromatic heterocycles. The van der Waals surface area contributed by atoms with Crippen LogP contribution in [0.3, 0.4) is 0 Å². The van der Waals surface area contributed by atoms with Gasteiger partial charge in [-0.15, -0.1) is 0 Å². The molecule has 0 fully saturated rings. The Labute approximate surface area is 105 Å². The minimum atomic E-state index is -0.117. The minimum Gasteiger partial charge on any atom is -0.497 e. The molecular formula is C14H12ClNO. The summed E-state index contributed by atoms with van der Waals surface area (Å²) in [6, 6.07) is 11.7. The van der Waals surface area contributed by atoms with E-state index in [-0.39, 0.29) is 6.04 Å². The van der Waals surface area contributed by atoms with Crippen molar-refractivity contribution in [1.82, 2.24) is 0 Å². The first-order valence-corrected chi connectivity index (χ1v) is 5.82. The molecule has 0 amide bonds. The molecule has 2 aromatic rings. The molecule has 2 N–H and O–H groups in total. The van der Waals surface area contributed by atoms with Gasteiger partial charge in [0.2, 0.25) is 0 Å². The van der Waals surface area contributed by atoms with Crippen molar-refractivity contribution < 1.29 is 4.74 Å². The van der Waals surface area contributed by atoms with Crippen LogP contribution in [0.2, 0.25) is 5.02 Å². The lowest BCUT2D eigenvalue weighted by Gasteiger charge is -2.08. The average Bonchev–Trinajstić information content (AvgIpc) is 2.62. The van der Waals surface area contributed by atoms with Gasteiger partial charge >= 0.3 is 0 Å². The van der Waals surface area contributed by atoms with E-state index < -0.39 is 0 Å². The first-order valence-electron chi connectivity index (χ1n) is 5.44. The van der Waals surface area contributed by atoms with E-state index >= 15 is 0 Å². The number of nitrogens with two attached hydrogens (primary N) is 1. The molecule has 0 spiro atoms. The van der Waals surface area contributed by atoms with Crippen LogP contribution in [0, 0.1) is 0 Å². The quantitative estimate of drug-likeness (QED) is 0.836. The van der Waals surface area contributed by atoms with E-state index in [2.05, 4.69) is 0 Å². The van der Waals surface area contributed by atoms with Crippen LogP contribution in [0.25, 0.3) is 11.1 Å². The first-order chi connectivity index (χ1) is 8.20. The van der Waals surface area contributed by atoms with Crippen molar-refractivity contribution in [2.75, 3.05) is 7.11 Å². The van der Waals surface area contributed by atoms with E-state index in [1.54, 1.807) is 7.11 Å². The molecule has 86 valence electrons. The monoisotopic (exact) mass is 245 g/mol. The predicted octanol–water partition coefficient (Wildman–Crippen LogP) is 3.38. The second-order valence-electron chi connectivity index (χ2n) is 4.16. The third-order valence-electron chi connectivity index (χ3n) is 3.23. The molecule has 0 radical (unpaired) electrons. The fourth-order valence-electron chi connectivity index (χ4n) is 2.37. The van der Waals surface area contributed by atoms with Gasteiger partial charge in [0, 0.05) is 5.02 Å². The van der Waals surface area contributed by atoms with Gasteiger partial charge in [0.1, 0.15) is 5.75 Å². The van der Waals surface area contributed by atoms with E-state index in [9.17, 15) is 0 Å². The van der Waals surface area contributed by atoms with Gasteiger partial charge in [-0.25, -0.2) is 0 Å². The van der Waals surface area contributed by atoms with E-state index in [1.807, 2.05) is 36.4 Å².